The van der Waals surface area contributed by atoms with Crippen LogP contribution in [0.3, 0.4) is 0 Å². The quantitative estimate of drug-likeness (QED) is 0.0310. The minimum absolute atomic E-state index is 0. The van der Waals surface area contributed by atoms with E-state index in [0.29, 0.717) is 49.9 Å². The van der Waals surface area contributed by atoms with Crippen LogP contribution in [0.5, 0.6) is 0 Å². The fourth-order valence-electron chi connectivity index (χ4n) is 10.0. The summed E-state index contributed by atoms with van der Waals surface area (Å²) in [6.07, 6.45) is 6.57. The van der Waals surface area contributed by atoms with Gasteiger partial charge in [0, 0.05) is 84.3 Å². The number of hydrogen-bond donors (Lipinski definition) is 8. The van der Waals surface area contributed by atoms with Crippen LogP contribution in [0.25, 0.3) is 44.5 Å². The SMILES string of the molecule is CN[C@@H](C)C(=O)N[C@H](C(=O)N1CCC[C@H]1c1nc(C(=O)NCCC#CC#CCCNC(=O)c2nc([C@@H]3CCCN3C(=O)[C@@H](NC(=O)[C@H](C)NC)C(C)(C)C)oc2-c2c[nH]c3ccccc23)c(-c2c[nH]c3ccccc23)o1)C(C)(C)C.Cl.Cl. The van der Waals surface area contributed by atoms with Crippen molar-refractivity contribution >= 4 is 82.1 Å². The number of likely N-dealkylation sites (tertiary alicyclic amines) is 2. The van der Waals surface area contributed by atoms with E-state index in [1.165, 1.54) is 0 Å². The third-order valence-electron chi connectivity index (χ3n) is 14.8. The molecule has 6 amide bonds. The summed E-state index contributed by atoms with van der Waals surface area (Å²) in [5.41, 5.74) is 1.90. The van der Waals surface area contributed by atoms with Crippen molar-refractivity contribution in [2.24, 2.45) is 10.8 Å². The zero-order valence-corrected chi connectivity index (χ0v) is 49.8. The molecule has 20 nitrogen and oxygen atoms in total. The Morgan fingerprint density at radius 2 is 1.00 bits per heavy atom. The van der Waals surface area contributed by atoms with Gasteiger partial charge in [0.05, 0.1) is 12.1 Å². The number of nitrogens with one attached hydrogen (secondary N) is 8. The largest absolute Gasteiger partial charge is 0.437 e. The predicted molar refractivity (Wildman–Crippen MR) is 319 cm³/mol. The van der Waals surface area contributed by atoms with Gasteiger partial charge in [0.1, 0.15) is 24.2 Å². The molecule has 0 spiro atoms. The molecule has 8 N–H and O–H groups in total. The zero-order chi connectivity index (χ0) is 57.5. The molecule has 2 saturated heterocycles. The van der Waals surface area contributed by atoms with Gasteiger partial charge in [-0.3, -0.25) is 28.8 Å². The molecule has 0 unspecified atom stereocenters. The van der Waals surface area contributed by atoms with E-state index in [2.05, 4.69) is 65.6 Å². The summed E-state index contributed by atoms with van der Waals surface area (Å²) < 4.78 is 13.0. The van der Waals surface area contributed by atoms with E-state index in [1.807, 2.05) is 90.1 Å². The number of aromatic nitrogens is 4. The first-order valence-electron chi connectivity index (χ1n) is 27.4. The number of rotatable bonds is 18. The topological polar surface area (TPSA) is 265 Å². The van der Waals surface area contributed by atoms with E-state index in [4.69, 9.17) is 18.8 Å². The first kappa shape index (κ1) is 63.6. The van der Waals surface area contributed by atoms with Crippen molar-refractivity contribution in [2.45, 2.75) is 130 Å². The monoisotopic (exact) mass is 1160 g/mol. The first-order valence-corrected chi connectivity index (χ1v) is 27.4. The number of halogens is 2. The van der Waals surface area contributed by atoms with Gasteiger partial charge < -0.3 is 60.5 Å². The second kappa shape index (κ2) is 27.4. The average Bonchev–Trinajstić information content (AvgIpc) is 4.43. The van der Waals surface area contributed by atoms with Gasteiger partial charge in [0.15, 0.2) is 22.9 Å². The highest BCUT2D eigenvalue weighted by Crippen LogP contribution is 2.41. The third-order valence-corrected chi connectivity index (χ3v) is 14.8. The number of nitrogens with zero attached hydrogens (tertiary/aromatic N) is 4. The summed E-state index contributed by atoms with van der Waals surface area (Å²) in [5.74, 6) is 10.6. The summed E-state index contributed by atoms with van der Waals surface area (Å²) in [7, 11) is 3.37. The predicted octanol–water partition coefficient (Wildman–Crippen LogP) is 7.35. The number of H-pyrrole nitrogens is 2. The van der Waals surface area contributed by atoms with Crippen molar-refractivity contribution in [3.05, 3.63) is 84.1 Å². The molecule has 2 fully saturated rings. The molecule has 82 heavy (non-hydrogen) atoms. The second-order valence-corrected chi connectivity index (χ2v) is 22.6. The zero-order valence-electron chi connectivity index (χ0n) is 48.2. The van der Waals surface area contributed by atoms with E-state index < -0.39 is 58.9 Å². The molecule has 6 aromatic rings. The summed E-state index contributed by atoms with van der Waals surface area (Å²) in [4.78, 5) is 102. The molecule has 8 rings (SSSR count). The smallest absolute Gasteiger partial charge is 0.273 e. The molecule has 2 aliphatic rings. The highest BCUT2D eigenvalue weighted by atomic mass is 35.5. The molecule has 0 radical (unpaired) electrons. The van der Waals surface area contributed by atoms with Crippen LogP contribution >= 0.6 is 24.8 Å². The van der Waals surface area contributed by atoms with Crippen molar-refractivity contribution in [1.82, 2.24) is 61.6 Å². The Morgan fingerprint density at radius 3 is 1.37 bits per heavy atom. The Morgan fingerprint density at radius 1 is 0.622 bits per heavy atom. The number of hydrogen-bond acceptors (Lipinski definition) is 12. The molecule has 0 aliphatic carbocycles. The minimum Gasteiger partial charge on any atom is -0.437 e. The van der Waals surface area contributed by atoms with E-state index in [-0.39, 0.29) is 109 Å². The maximum Gasteiger partial charge on any atom is 0.273 e. The van der Waals surface area contributed by atoms with Gasteiger partial charge >= 0.3 is 0 Å². The van der Waals surface area contributed by atoms with Gasteiger partial charge in [0.2, 0.25) is 35.4 Å². The van der Waals surface area contributed by atoms with Crippen LogP contribution in [0.1, 0.15) is 139 Å². The van der Waals surface area contributed by atoms with Crippen LogP contribution < -0.4 is 31.9 Å². The van der Waals surface area contributed by atoms with E-state index in [9.17, 15) is 28.8 Å². The summed E-state index contributed by atoms with van der Waals surface area (Å²) >= 11 is 0. The van der Waals surface area contributed by atoms with Gasteiger partial charge in [-0.2, -0.15) is 0 Å². The maximum atomic E-state index is 14.3. The molecule has 22 heteroatoms. The van der Waals surface area contributed by atoms with Crippen LogP contribution in [0.4, 0.5) is 0 Å². The summed E-state index contributed by atoms with van der Waals surface area (Å²) in [5, 5.41) is 19.3. The number of amides is 6. The van der Waals surface area contributed by atoms with E-state index in [1.54, 1.807) is 50.1 Å². The average molecular weight is 1160 g/mol. The lowest BCUT2D eigenvalue weighted by Crippen LogP contribution is -2.57. The number of benzene rings is 2. The number of oxazole rings is 2. The number of fused-ring (bicyclic) bond motifs is 2. The molecule has 2 aromatic carbocycles. The lowest BCUT2D eigenvalue weighted by molar-refractivity contribution is -0.141. The standard InChI is InChI=1S/C60H74N12O8.2ClH/c1-35(61-9)51(73)69-49(59(3,4)5)57(77)71-31-21-27-43(71)55-67-45(47(79-55)39-33-65-41-25-17-15-23-37(39)41)53(75)63-29-19-13-11-12-14-20-30-64-54(76)46-48(40-34-66-42-26-18-16-24-38(40)42)80-56(68-46)44-28-22-32-72(44)58(78)50(60(6,7)8)70-52(74)36(2)62-10;;/h15-18,23-26,33-36,43-44,49-50,61-62,65-66H,19-22,27-32H2,1-10H3,(H,63,75)(H,64,76)(H,69,73)(H,70,74);2*1H/t35-,36-,43-,44-,49+,50+;;/m0../s1. The van der Waals surface area contributed by atoms with Gasteiger partial charge in [0.25, 0.3) is 11.8 Å². The molecular weight excluding hydrogens is 1090 g/mol. The van der Waals surface area contributed by atoms with Crippen molar-refractivity contribution < 1.29 is 37.6 Å². The second-order valence-electron chi connectivity index (χ2n) is 22.6. The molecular formula is C60H76Cl2N12O8. The van der Waals surface area contributed by atoms with E-state index in [0.717, 1.165) is 21.8 Å². The maximum absolute atomic E-state index is 14.3. The molecule has 6 atom stereocenters. The lowest BCUT2D eigenvalue weighted by atomic mass is 9.85. The number of likely N-dealkylation sites (N-methyl/N-ethyl adjacent to an activating group) is 2. The van der Waals surface area contributed by atoms with Gasteiger partial charge in [-0.25, -0.2) is 9.97 Å². The Kier molecular flexibility index (Phi) is 21.3. The first-order chi connectivity index (χ1) is 38.2. The van der Waals surface area contributed by atoms with Crippen molar-refractivity contribution in [3.8, 4) is 46.3 Å². The number of aromatic amines is 2. The van der Waals surface area contributed by atoms with E-state index >= 15 is 0 Å². The molecule has 4 aromatic heterocycles. The van der Waals surface area contributed by atoms with Crippen LogP contribution in [0.15, 0.2) is 69.8 Å². The Labute approximate surface area is 490 Å². The Hall–Kier alpha value is -7.62. The summed E-state index contributed by atoms with van der Waals surface area (Å²) in [6.45, 7) is 16.1. The third kappa shape index (κ3) is 14.2. The Bertz CT molecular complexity index is 3180. The number of carbonyl (C=O) groups excluding carboxylic acids is 6. The van der Waals surface area contributed by atoms with Crippen molar-refractivity contribution in [2.75, 3.05) is 40.3 Å². The van der Waals surface area contributed by atoms with Gasteiger partial charge in [-0.1, -0.05) is 89.8 Å². The molecule has 0 bridgehead atoms. The fraction of sp³-hybridized carbons (Fsp3) is 0.467. The normalized spacial score (nSPS) is 16.6. The molecule has 6 heterocycles. The molecule has 0 saturated carbocycles. The van der Waals surface area contributed by atoms with Crippen LogP contribution in [0.2, 0.25) is 0 Å². The minimum atomic E-state index is -0.825. The lowest BCUT2D eigenvalue weighted by Gasteiger charge is -2.35. The van der Waals surface area contributed by atoms with Crippen molar-refractivity contribution in [1.29, 1.82) is 0 Å². The van der Waals surface area contributed by atoms with Gasteiger partial charge in [-0.15, -0.1) is 24.8 Å². The highest BCUT2D eigenvalue weighted by Gasteiger charge is 2.44. The molecule has 2 aliphatic heterocycles. The van der Waals surface area contributed by atoms with Crippen molar-refractivity contribution in [3.63, 3.8) is 0 Å². The number of para-hydroxylation sites is 2. The van der Waals surface area contributed by atoms with Crippen LogP contribution in [0, 0.1) is 34.5 Å². The Balaban J connectivity index is 0.00000541. The molecule has 438 valence electrons. The number of carbonyl (C=O) groups is 6. The summed E-state index contributed by atoms with van der Waals surface area (Å²) in [6, 6.07) is 11.5. The van der Waals surface area contributed by atoms with Crippen LogP contribution in [-0.2, 0) is 19.2 Å². The fourth-order valence-corrected chi connectivity index (χ4v) is 10.0. The highest BCUT2D eigenvalue weighted by molar-refractivity contribution is 6.04. The van der Waals surface area contributed by atoms with Gasteiger partial charge in [-0.05, 0) is 88.4 Å². The van der Waals surface area contributed by atoms with Crippen LogP contribution in [-0.4, -0.2) is 130 Å².